The number of piperazine rings is 1. The van der Waals surface area contributed by atoms with Crippen LogP contribution in [0.25, 0.3) is 0 Å². The number of hydrogen-bond acceptors (Lipinski definition) is 3. The van der Waals surface area contributed by atoms with Gasteiger partial charge in [-0.1, -0.05) is 60.7 Å². The van der Waals surface area contributed by atoms with Crippen molar-refractivity contribution in [2.45, 2.75) is 25.2 Å². The largest absolute Gasteiger partial charge is 0.292 e. The van der Waals surface area contributed by atoms with Crippen molar-refractivity contribution in [2.75, 3.05) is 24.6 Å². The lowest BCUT2D eigenvalue weighted by Crippen LogP contribution is -2.58. The Kier molecular flexibility index (Phi) is 4.69. The van der Waals surface area contributed by atoms with Crippen LogP contribution in [0.15, 0.2) is 60.7 Å². The van der Waals surface area contributed by atoms with Gasteiger partial charge in [-0.15, -0.1) is 0 Å². The van der Waals surface area contributed by atoms with Gasteiger partial charge in [0.2, 0.25) is 0 Å². The second-order valence-corrected chi connectivity index (χ2v) is 7.66. The first kappa shape index (κ1) is 15.3. The van der Waals surface area contributed by atoms with E-state index in [1.165, 1.54) is 35.7 Å². The molecule has 2 aromatic rings. The fourth-order valence-electron chi connectivity index (χ4n) is 3.85. The molecule has 0 radical (unpaired) electrons. The summed E-state index contributed by atoms with van der Waals surface area (Å²) in [5.74, 6) is 2.56. The molecule has 0 spiro atoms. The van der Waals surface area contributed by atoms with Gasteiger partial charge in [0.25, 0.3) is 0 Å². The van der Waals surface area contributed by atoms with Crippen molar-refractivity contribution in [1.29, 1.82) is 0 Å². The van der Waals surface area contributed by atoms with E-state index >= 15 is 0 Å². The molecular formula is C20H24N2S. The molecule has 2 unspecified atom stereocenters. The van der Waals surface area contributed by atoms with Gasteiger partial charge in [0.05, 0.1) is 0 Å². The van der Waals surface area contributed by atoms with Gasteiger partial charge in [-0.25, -0.2) is 0 Å². The van der Waals surface area contributed by atoms with Gasteiger partial charge in [-0.3, -0.25) is 9.80 Å². The molecule has 2 saturated heterocycles. The van der Waals surface area contributed by atoms with E-state index in [2.05, 4.69) is 82.2 Å². The number of nitrogens with zero attached hydrogens (tertiary/aromatic N) is 2. The minimum absolute atomic E-state index is 0.706. The Morgan fingerprint density at radius 1 is 0.696 bits per heavy atom. The molecule has 2 aromatic carbocycles. The molecule has 2 nitrogen and oxygen atoms in total. The fourth-order valence-corrected chi connectivity index (χ4v) is 5.33. The molecule has 0 N–H and O–H groups in total. The molecule has 23 heavy (non-hydrogen) atoms. The standard InChI is InChI=1S/C20H24N2S/c1-3-7-17(8-4-1)13-21-11-12-22(20-16-23-15-19(20)21)14-18-9-5-2-6-10-18/h1-10,19-20H,11-16H2. The van der Waals surface area contributed by atoms with E-state index in [-0.39, 0.29) is 0 Å². The van der Waals surface area contributed by atoms with Gasteiger partial charge in [0.15, 0.2) is 0 Å². The second kappa shape index (κ2) is 7.08. The molecule has 2 atom stereocenters. The molecule has 3 heteroatoms. The Bertz CT molecular complexity index is 561. The predicted molar refractivity (Wildman–Crippen MR) is 98.6 cm³/mol. The van der Waals surface area contributed by atoms with Crippen molar-refractivity contribution in [2.24, 2.45) is 0 Å². The Morgan fingerprint density at radius 2 is 1.13 bits per heavy atom. The summed E-state index contributed by atoms with van der Waals surface area (Å²) < 4.78 is 0. The van der Waals surface area contributed by atoms with Crippen LogP contribution in [0.4, 0.5) is 0 Å². The Labute approximate surface area is 143 Å². The number of fused-ring (bicyclic) bond motifs is 1. The van der Waals surface area contributed by atoms with Gasteiger partial charge >= 0.3 is 0 Å². The van der Waals surface area contributed by atoms with E-state index in [0.29, 0.717) is 12.1 Å². The van der Waals surface area contributed by atoms with Crippen molar-refractivity contribution in [3.8, 4) is 0 Å². The van der Waals surface area contributed by atoms with E-state index in [0.717, 1.165) is 13.1 Å². The van der Waals surface area contributed by atoms with Crippen LogP contribution in [0.3, 0.4) is 0 Å². The van der Waals surface area contributed by atoms with Crippen LogP contribution in [-0.4, -0.2) is 46.5 Å². The first-order valence-corrected chi connectivity index (χ1v) is 9.69. The zero-order chi connectivity index (χ0) is 15.5. The zero-order valence-electron chi connectivity index (χ0n) is 13.5. The average molecular weight is 324 g/mol. The van der Waals surface area contributed by atoms with E-state index in [1.807, 2.05) is 0 Å². The van der Waals surface area contributed by atoms with Gasteiger partial charge in [-0.05, 0) is 11.1 Å². The average Bonchev–Trinajstić information content (AvgIpc) is 3.09. The van der Waals surface area contributed by atoms with E-state index < -0.39 is 0 Å². The van der Waals surface area contributed by atoms with Crippen molar-refractivity contribution in [3.63, 3.8) is 0 Å². The molecule has 120 valence electrons. The summed E-state index contributed by atoms with van der Waals surface area (Å²) in [6, 6.07) is 23.3. The van der Waals surface area contributed by atoms with E-state index in [4.69, 9.17) is 0 Å². The maximum Gasteiger partial charge on any atom is 0.0354 e. The third-order valence-electron chi connectivity index (χ3n) is 5.09. The summed E-state index contributed by atoms with van der Waals surface area (Å²) in [6.07, 6.45) is 0. The van der Waals surface area contributed by atoms with Crippen LogP contribution in [0.1, 0.15) is 11.1 Å². The van der Waals surface area contributed by atoms with Gasteiger partial charge in [0, 0.05) is 49.8 Å². The second-order valence-electron chi connectivity index (χ2n) is 6.58. The molecule has 2 fully saturated rings. The van der Waals surface area contributed by atoms with Crippen LogP contribution >= 0.6 is 11.8 Å². The molecule has 2 aliphatic heterocycles. The monoisotopic (exact) mass is 324 g/mol. The summed E-state index contributed by atoms with van der Waals surface area (Å²) in [7, 11) is 0. The SMILES string of the molecule is c1ccc(CN2CCN(Cc3ccccc3)C3CSCC32)cc1. The predicted octanol–water partition coefficient (Wildman–Crippen LogP) is 3.49. The maximum absolute atomic E-state index is 2.71. The van der Waals surface area contributed by atoms with Crippen LogP contribution < -0.4 is 0 Å². The maximum atomic E-state index is 2.71. The smallest absolute Gasteiger partial charge is 0.0354 e. The summed E-state index contributed by atoms with van der Waals surface area (Å²) in [5.41, 5.74) is 2.89. The molecule has 2 aliphatic rings. The molecule has 2 heterocycles. The molecular weight excluding hydrogens is 300 g/mol. The molecule has 0 saturated carbocycles. The first-order chi connectivity index (χ1) is 11.4. The highest BCUT2D eigenvalue weighted by Crippen LogP contribution is 2.32. The lowest BCUT2D eigenvalue weighted by molar-refractivity contribution is 0.0355. The van der Waals surface area contributed by atoms with Crippen molar-refractivity contribution >= 4 is 11.8 Å². The topological polar surface area (TPSA) is 6.48 Å². The lowest BCUT2D eigenvalue weighted by Gasteiger charge is -2.44. The van der Waals surface area contributed by atoms with Crippen LogP contribution in [0.5, 0.6) is 0 Å². The summed E-state index contributed by atoms with van der Waals surface area (Å²) in [4.78, 5) is 5.42. The van der Waals surface area contributed by atoms with E-state index in [1.54, 1.807) is 0 Å². The Morgan fingerprint density at radius 3 is 1.57 bits per heavy atom. The first-order valence-electron chi connectivity index (χ1n) is 8.54. The number of rotatable bonds is 4. The van der Waals surface area contributed by atoms with Crippen molar-refractivity contribution in [3.05, 3.63) is 71.8 Å². The highest BCUT2D eigenvalue weighted by molar-refractivity contribution is 7.99. The van der Waals surface area contributed by atoms with Gasteiger partial charge in [0.1, 0.15) is 0 Å². The third-order valence-corrected chi connectivity index (χ3v) is 6.25. The van der Waals surface area contributed by atoms with Gasteiger partial charge in [-0.2, -0.15) is 11.8 Å². The lowest BCUT2D eigenvalue weighted by atomic mass is 10.0. The highest BCUT2D eigenvalue weighted by Gasteiger charge is 2.39. The minimum atomic E-state index is 0.706. The normalized spacial score (nSPS) is 25.4. The summed E-state index contributed by atoms with van der Waals surface area (Å²) >= 11 is 2.12. The summed E-state index contributed by atoms with van der Waals surface area (Å²) in [6.45, 7) is 4.57. The Hall–Kier alpha value is -1.29. The van der Waals surface area contributed by atoms with Crippen molar-refractivity contribution < 1.29 is 0 Å². The number of hydrogen-bond donors (Lipinski definition) is 0. The summed E-state index contributed by atoms with van der Waals surface area (Å²) in [5, 5.41) is 0. The van der Waals surface area contributed by atoms with Crippen LogP contribution in [0, 0.1) is 0 Å². The minimum Gasteiger partial charge on any atom is -0.292 e. The van der Waals surface area contributed by atoms with Crippen molar-refractivity contribution in [1.82, 2.24) is 9.80 Å². The van der Waals surface area contributed by atoms with Gasteiger partial charge < -0.3 is 0 Å². The molecule has 0 aromatic heterocycles. The van der Waals surface area contributed by atoms with Crippen LogP contribution in [0.2, 0.25) is 0 Å². The van der Waals surface area contributed by atoms with Crippen LogP contribution in [-0.2, 0) is 13.1 Å². The number of thioether (sulfide) groups is 1. The quantitative estimate of drug-likeness (QED) is 0.850. The fraction of sp³-hybridized carbons (Fsp3) is 0.400. The zero-order valence-corrected chi connectivity index (χ0v) is 14.3. The Balaban J connectivity index is 1.45. The molecule has 0 bridgehead atoms. The highest BCUT2D eigenvalue weighted by atomic mass is 32.2. The van der Waals surface area contributed by atoms with E-state index in [9.17, 15) is 0 Å². The molecule has 4 rings (SSSR count). The molecule has 0 amide bonds. The molecule has 0 aliphatic carbocycles. The third kappa shape index (κ3) is 3.47. The number of benzene rings is 2.